The van der Waals surface area contributed by atoms with E-state index in [0.29, 0.717) is 41.3 Å². The van der Waals surface area contributed by atoms with E-state index in [1.165, 1.54) is 4.68 Å². The maximum atomic E-state index is 13.7. The van der Waals surface area contributed by atoms with Gasteiger partial charge in [-0.05, 0) is 73.4 Å². The van der Waals surface area contributed by atoms with E-state index in [0.717, 1.165) is 26.9 Å². The summed E-state index contributed by atoms with van der Waals surface area (Å²) >= 11 is 3.51. The average Bonchev–Trinajstić information content (AvgIpc) is 2.88. The van der Waals surface area contributed by atoms with Crippen molar-refractivity contribution in [1.29, 1.82) is 0 Å². The average molecular weight is 560 g/mol. The molecule has 0 radical (unpaired) electrons. The molecule has 7 heteroatoms. The number of fused-ring (bicyclic) bond motifs is 1. The van der Waals surface area contributed by atoms with Crippen LogP contribution in [0.25, 0.3) is 22.3 Å². The summed E-state index contributed by atoms with van der Waals surface area (Å²) < 4.78 is 13.9. The van der Waals surface area contributed by atoms with E-state index in [1.807, 2.05) is 56.3 Å². The summed E-state index contributed by atoms with van der Waals surface area (Å²) in [5.74, 6) is 2.16. The number of rotatable bonds is 9. The first-order valence-electron chi connectivity index (χ1n) is 12.2. The number of ether oxygens (including phenoxy) is 2. The Morgan fingerprint density at radius 1 is 1.11 bits per heavy atom. The fourth-order valence-electron chi connectivity index (χ4n) is 4.10. The zero-order valence-corrected chi connectivity index (χ0v) is 23.1. The van der Waals surface area contributed by atoms with E-state index < -0.39 is 0 Å². The molecule has 3 aromatic carbocycles. The zero-order chi connectivity index (χ0) is 26.5. The lowest BCUT2D eigenvalue weighted by molar-refractivity contribution is 0.335. The molecule has 4 aromatic rings. The molecular formula is C30H30BrN3O3. The smallest absolute Gasteiger partial charge is 0.282 e. The Labute approximate surface area is 225 Å². The minimum Gasteiger partial charge on any atom is -0.494 e. The van der Waals surface area contributed by atoms with Crippen molar-refractivity contribution in [2.24, 2.45) is 5.10 Å². The third-order valence-corrected chi connectivity index (χ3v) is 6.41. The molecule has 1 aromatic heterocycles. The fraction of sp³-hybridized carbons (Fsp3) is 0.233. The molecule has 0 saturated heterocycles. The standard InChI is InChI=1S/C30H30BrN3O3/c1-6-14-37-27-13-12-22(31)16-21(27)18-32-34-29(33-26-11-9-8-10-23(26)30(34)35)25-17-24(19(3)4)28(36-7-2)15-20(25)5/h6,8-13,15-19H,1,7,14H2,2-5H3. The van der Waals surface area contributed by atoms with Crippen molar-refractivity contribution < 1.29 is 9.47 Å². The van der Waals surface area contributed by atoms with Gasteiger partial charge in [-0.15, -0.1) is 0 Å². The molecule has 0 spiro atoms. The lowest BCUT2D eigenvalue weighted by Crippen LogP contribution is -2.21. The number of hydrogen-bond acceptors (Lipinski definition) is 5. The van der Waals surface area contributed by atoms with Gasteiger partial charge in [-0.1, -0.05) is 54.6 Å². The monoisotopic (exact) mass is 559 g/mol. The molecule has 6 nitrogen and oxygen atoms in total. The maximum Gasteiger partial charge on any atom is 0.282 e. The Balaban J connectivity index is 1.96. The fourth-order valence-corrected chi connectivity index (χ4v) is 4.48. The summed E-state index contributed by atoms with van der Waals surface area (Å²) in [5.41, 5.74) is 3.90. The third kappa shape index (κ3) is 5.67. The number of nitrogens with zero attached hydrogens (tertiary/aromatic N) is 3. The molecule has 0 bridgehead atoms. The Morgan fingerprint density at radius 2 is 1.89 bits per heavy atom. The Morgan fingerprint density at radius 3 is 2.62 bits per heavy atom. The van der Waals surface area contributed by atoms with Crippen LogP contribution in [0.4, 0.5) is 0 Å². The molecule has 0 aliphatic carbocycles. The molecule has 0 aliphatic rings. The van der Waals surface area contributed by atoms with Crippen LogP contribution >= 0.6 is 15.9 Å². The molecule has 1 heterocycles. The van der Waals surface area contributed by atoms with Gasteiger partial charge in [0.15, 0.2) is 5.82 Å². The first-order chi connectivity index (χ1) is 17.8. The van der Waals surface area contributed by atoms with Crippen LogP contribution in [0, 0.1) is 6.92 Å². The number of hydrogen-bond donors (Lipinski definition) is 0. The van der Waals surface area contributed by atoms with Gasteiger partial charge in [-0.25, -0.2) is 4.98 Å². The molecule has 0 amide bonds. The van der Waals surface area contributed by atoms with Crippen LogP contribution in [0.1, 0.15) is 43.4 Å². The summed E-state index contributed by atoms with van der Waals surface area (Å²) in [6, 6.07) is 17.0. The minimum absolute atomic E-state index is 0.219. The molecule has 0 N–H and O–H groups in total. The lowest BCUT2D eigenvalue weighted by Gasteiger charge is -2.18. The zero-order valence-electron chi connectivity index (χ0n) is 21.5. The molecule has 37 heavy (non-hydrogen) atoms. The highest BCUT2D eigenvalue weighted by atomic mass is 79.9. The quantitative estimate of drug-likeness (QED) is 0.162. The highest BCUT2D eigenvalue weighted by Crippen LogP contribution is 2.34. The molecule has 190 valence electrons. The Kier molecular flexibility index (Phi) is 8.24. The van der Waals surface area contributed by atoms with Crippen LogP contribution < -0.4 is 15.0 Å². The van der Waals surface area contributed by atoms with Crippen LogP contribution in [0.2, 0.25) is 0 Å². The number of para-hydroxylation sites is 1. The van der Waals surface area contributed by atoms with Gasteiger partial charge in [0, 0.05) is 15.6 Å². The number of aryl methyl sites for hydroxylation is 1. The third-order valence-electron chi connectivity index (χ3n) is 5.91. The first kappa shape index (κ1) is 26.4. The molecule has 0 unspecified atom stereocenters. The van der Waals surface area contributed by atoms with Crippen molar-refractivity contribution in [2.45, 2.75) is 33.6 Å². The van der Waals surface area contributed by atoms with E-state index in [1.54, 1.807) is 18.4 Å². The van der Waals surface area contributed by atoms with Gasteiger partial charge in [0.2, 0.25) is 0 Å². The van der Waals surface area contributed by atoms with Crippen LogP contribution in [-0.2, 0) is 0 Å². The normalized spacial score (nSPS) is 11.4. The summed E-state index contributed by atoms with van der Waals surface area (Å²) in [4.78, 5) is 18.6. The van der Waals surface area contributed by atoms with Crippen molar-refractivity contribution in [3.63, 3.8) is 0 Å². The molecule has 0 atom stereocenters. The van der Waals surface area contributed by atoms with Gasteiger partial charge >= 0.3 is 0 Å². The van der Waals surface area contributed by atoms with Crippen LogP contribution in [0.3, 0.4) is 0 Å². The largest absolute Gasteiger partial charge is 0.494 e. The van der Waals surface area contributed by atoms with E-state index in [4.69, 9.17) is 14.5 Å². The molecule has 4 rings (SSSR count). The van der Waals surface area contributed by atoms with Crippen LogP contribution in [0.5, 0.6) is 11.5 Å². The van der Waals surface area contributed by atoms with Gasteiger partial charge in [-0.2, -0.15) is 9.78 Å². The minimum atomic E-state index is -0.250. The van der Waals surface area contributed by atoms with E-state index in [2.05, 4.69) is 47.5 Å². The second-order valence-corrected chi connectivity index (χ2v) is 9.80. The van der Waals surface area contributed by atoms with Gasteiger partial charge < -0.3 is 9.47 Å². The number of aromatic nitrogens is 2. The lowest BCUT2D eigenvalue weighted by atomic mass is 9.96. The first-order valence-corrected chi connectivity index (χ1v) is 13.0. The van der Waals surface area contributed by atoms with Gasteiger partial charge in [0.25, 0.3) is 5.56 Å². The second-order valence-electron chi connectivity index (χ2n) is 8.89. The number of benzene rings is 3. The topological polar surface area (TPSA) is 65.7 Å². The van der Waals surface area contributed by atoms with Gasteiger partial charge in [0.1, 0.15) is 18.1 Å². The van der Waals surface area contributed by atoms with Crippen molar-refractivity contribution in [3.8, 4) is 22.9 Å². The Hall–Kier alpha value is -3.71. The summed E-state index contributed by atoms with van der Waals surface area (Å²) in [5, 5.41) is 5.14. The molecule has 0 fully saturated rings. The van der Waals surface area contributed by atoms with Crippen molar-refractivity contribution >= 4 is 33.0 Å². The SMILES string of the molecule is C=CCOc1ccc(Br)cc1C=Nn1c(-c2cc(C(C)C)c(OCC)cc2C)nc2ccccc2c1=O. The summed E-state index contributed by atoms with van der Waals surface area (Å²) in [6.45, 7) is 12.8. The highest BCUT2D eigenvalue weighted by Gasteiger charge is 2.18. The van der Waals surface area contributed by atoms with E-state index >= 15 is 0 Å². The van der Waals surface area contributed by atoms with Crippen molar-refractivity contribution in [1.82, 2.24) is 9.66 Å². The van der Waals surface area contributed by atoms with Crippen molar-refractivity contribution in [3.05, 3.63) is 98.8 Å². The van der Waals surface area contributed by atoms with Crippen LogP contribution in [-0.4, -0.2) is 29.1 Å². The van der Waals surface area contributed by atoms with Crippen LogP contribution in [0.15, 0.2) is 81.6 Å². The van der Waals surface area contributed by atoms with Gasteiger partial charge in [-0.3, -0.25) is 4.79 Å². The summed E-state index contributed by atoms with van der Waals surface area (Å²) in [7, 11) is 0. The molecule has 0 aliphatic heterocycles. The highest BCUT2D eigenvalue weighted by molar-refractivity contribution is 9.10. The number of halogens is 1. The predicted octanol–water partition coefficient (Wildman–Crippen LogP) is 7.10. The summed E-state index contributed by atoms with van der Waals surface area (Å²) in [6.07, 6.45) is 3.30. The van der Waals surface area contributed by atoms with Crippen molar-refractivity contribution in [2.75, 3.05) is 13.2 Å². The molecule has 0 saturated carbocycles. The van der Waals surface area contributed by atoms with Gasteiger partial charge in [0.05, 0.1) is 23.7 Å². The van der Waals surface area contributed by atoms with E-state index in [9.17, 15) is 4.79 Å². The molecular weight excluding hydrogens is 530 g/mol. The Bertz CT molecular complexity index is 1540. The maximum absolute atomic E-state index is 13.7. The van der Waals surface area contributed by atoms with E-state index in [-0.39, 0.29) is 11.5 Å². The second kappa shape index (κ2) is 11.6. The predicted molar refractivity (Wildman–Crippen MR) is 154 cm³/mol.